The van der Waals surface area contributed by atoms with Crippen molar-refractivity contribution in [2.75, 3.05) is 7.11 Å². The van der Waals surface area contributed by atoms with E-state index in [1.165, 1.54) is 0 Å². The van der Waals surface area contributed by atoms with Crippen LogP contribution in [0.4, 0.5) is 0 Å². The molecule has 170 valence electrons. The number of nitrogens with zero attached hydrogens (tertiary/aromatic N) is 1. The Morgan fingerprint density at radius 1 is 1.13 bits per heavy atom. The smallest absolute Gasteiger partial charge is 0.222 e. The maximum Gasteiger partial charge on any atom is 0.222 e. The van der Waals surface area contributed by atoms with Gasteiger partial charge in [-0.1, -0.05) is 71.0 Å². The minimum atomic E-state index is -2.14. The lowest BCUT2D eigenvalue weighted by molar-refractivity contribution is 0.0846. The van der Waals surface area contributed by atoms with Gasteiger partial charge >= 0.3 is 0 Å². The third kappa shape index (κ3) is 5.99. The Bertz CT molecular complexity index is 892. The van der Waals surface area contributed by atoms with E-state index in [0.717, 1.165) is 15.6 Å². The predicted molar refractivity (Wildman–Crippen MR) is 134 cm³/mol. The summed E-state index contributed by atoms with van der Waals surface area (Å²) in [6, 6.07) is 10.1. The van der Waals surface area contributed by atoms with Gasteiger partial charge in [0.15, 0.2) is 8.32 Å². The van der Waals surface area contributed by atoms with Crippen LogP contribution in [0.15, 0.2) is 53.7 Å². The zero-order valence-electron chi connectivity index (χ0n) is 20.1. The van der Waals surface area contributed by atoms with Crippen LogP contribution >= 0.6 is 15.9 Å². The summed E-state index contributed by atoms with van der Waals surface area (Å²) in [4.78, 5) is 4.53. The number of methoxy groups -OCH3 is 1. The highest BCUT2D eigenvalue weighted by Gasteiger charge is 2.45. The lowest BCUT2D eigenvalue weighted by Gasteiger charge is -2.44. The number of aromatic nitrogens is 1. The van der Waals surface area contributed by atoms with E-state index >= 15 is 0 Å². The van der Waals surface area contributed by atoms with Crippen LogP contribution in [0.25, 0.3) is 0 Å². The van der Waals surface area contributed by atoms with Crippen molar-refractivity contribution in [1.29, 1.82) is 0 Å². The van der Waals surface area contributed by atoms with E-state index in [2.05, 4.69) is 75.2 Å². The molecular weight excluding hydrogens is 470 g/mol. The molecule has 0 fully saturated rings. The van der Waals surface area contributed by atoms with Crippen LogP contribution in [0, 0.1) is 5.41 Å². The molecule has 0 spiro atoms. The minimum Gasteiger partial charge on any atom is -0.487 e. The Morgan fingerprint density at radius 2 is 1.74 bits per heavy atom. The van der Waals surface area contributed by atoms with Gasteiger partial charge in [-0.15, -0.1) is 6.58 Å². The Kier molecular flexibility index (Phi) is 8.17. The van der Waals surface area contributed by atoms with Crippen molar-refractivity contribution < 1.29 is 13.9 Å². The van der Waals surface area contributed by atoms with Crippen LogP contribution < -0.4 is 9.47 Å². The van der Waals surface area contributed by atoms with Gasteiger partial charge in [-0.05, 0) is 39.6 Å². The van der Waals surface area contributed by atoms with Crippen molar-refractivity contribution in [2.45, 2.75) is 65.5 Å². The molecule has 2 rings (SSSR count). The number of pyridine rings is 1. The van der Waals surface area contributed by atoms with Gasteiger partial charge in [0.05, 0.1) is 23.2 Å². The van der Waals surface area contributed by atoms with Crippen LogP contribution in [0.1, 0.15) is 51.8 Å². The van der Waals surface area contributed by atoms with Crippen molar-refractivity contribution in [3.63, 3.8) is 0 Å². The van der Waals surface area contributed by atoms with Gasteiger partial charge in [-0.3, -0.25) is 0 Å². The molecule has 0 amide bonds. The number of hydrogen-bond donors (Lipinski definition) is 0. The Hall–Kier alpha value is -1.63. The highest BCUT2D eigenvalue weighted by Crippen LogP contribution is 2.51. The molecule has 0 saturated heterocycles. The summed E-state index contributed by atoms with van der Waals surface area (Å²) >= 11 is 3.65. The van der Waals surface area contributed by atoms with Gasteiger partial charge in [-0.25, -0.2) is 4.98 Å². The molecule has 0 saturated carbocycles. The number of halogens is 1. The van der Waals surface area contributed by atoms with Crippen LogP contribution in [0.2, 0.25) is 18.1 Å². The topological polar surface area (TPSA) is 40.6 Å². The van der Waals surface area contributed by atoms with E-state index in [9.17, 15) is 0 Å². The molecule has 1 aromatic heterocycles. The molecule has 1 aromatic carbocycles. The van der Waals surface area contributed by atoms with E-state index in [-0.39, 0.29) is 16.6 Å². The van der Waals surface area contributed by atoms with Crippen molar-refractivity contribution in [3.8, 4) is 11.6 Å². The molecule has 0 N–H and O–H groups in total. The summed E-state index contributed by atoms with van der Waals surface area (Å²) in [6.07, 6.45) is 3.32. The molecule has 0 radical (unpaired) electrons. The van der Waals surface area contributed by atoms with Crippen LogP contribution in [-0.2, 0) is 11.0 Å². The van der Waals surface area contributed by atoms with Gasteiger partial charge in [-0.2, -0.15) is 0 Å². The SMILES string of the molecule is C=CC(C)(C)C(O[Si](C)(C)C(C)(C)C)c1c(OC)ncc(Br)c1OCc1ccccc1. The number of hydrogen-bond acceptors (Lipinski definition) is 4. The summed E-state index contributed by atoms with van der Waals surface area (Å²) in [5.74, 6) is 1.19. The zero-order valence-corrected chi connectivity index (χ0v) is 22.7. The third-order valence-electron chi connectivity index (χ3n) is 6.09. The minimum absolute atomic E-state index is 0.0419. The molecule has 4 nitrogen and oxygen atoms in total. The van der Waals surface area contributed by atoms with E-state index < -0.39 is 8.32 Å². The Balaban J connectivity index is 2.63. The second-order valence-electron chi connectivity index (χ2n) is 9.92. The molecule has 1 unspecified atom stereocenters. The van der Waals surface area contributed by atoms with Crippen LogP contribution in [-0.4, -0.2) is 20.4 Å². The standard InChI is InChI=1S/C25H36BrNO3Si/c1-10-25(5,6)22(30-31(8,9)24(2,3)4)20-21(19(26)16-27-23(20)28-7)29-17-18-14-12-11-13-15-18/h10-16,22H,1,17H2,2-9H3. The molecule has 1 heterocycles. The van der Waals surface area contributed by atoms with E-state index in [4.69, 9.17) is 13.9 Å². The highest BCUT2D eigenvalue weighted by atomic mass is 79.9. The molecule has 0 aliphatic rings. The van der Waals surface area contributed by atoms with Gasteiger partial charge in [0.25, 0.3) is 0 Å². The molecule has 6 heteroatoms. The van der Waals surface area contributed by atoms with E-state index in [0.29, 0.717) is 18.2 Å². The first-order valence-corrected chi connectivity index (χ1v) is 14.2. The van der Waals surface area contributed by atoms with Gasteiger partial charge in [0.2, 0.25) is 5.88 Å². The van der Waals surface area contributed by atoms with Crippen LogP contribution in [0.5, 0.6) is 11.6 Å². The maximum absolute atomic E-state index is 6.98. The molecule has 31 heavy (non-hydrogen) atoms. The maximum atomic E-state index is 6.98. The first-order chi connectivity index (χ1) is 14.3. The fraction of sp³-hybridized carbons (Fsp3) is 0.480. The molecule has 0 aliphatic carbocycles. The average Bonchev–Trinajstić information content (AvgIpc) is 2.71. The monoisotopic (exact) mass is 505 g/mol. The Morgan fingerprint density at radius 3 is 2.26 bits per heavy atom. The fourth-order valence-electron chi connectivity index (χ4n) is 2.90. The normalized spacial score (nSPS) is 13.6. The summed E-state index contributed by atoms with van der Waals surface area (Å²) in [7, 11) is -0.512. The summed E-state index contributed by atoms with van der Waals surface area (Å²) in [5.41, 5.74) is 1.51. The quantitative estimate of drug-likeness (QED) is 0.258. The van der Waals surface area contributed by atoms with Gasteiger partial charge in [0, 0.05) is 11.6 Å². The second kappa shape index (κ2) is 9.88. The van der Waals surface area contributed by atoms with E-state index in [1.807, 2.05) is 36.4 Å². The summed E-state index contributed by atoms with van der Waals surface area (Å²) in [6.45, 7) is 20.0. The first-order valence-electron chi connectivity index (χ1n) is 10.5. The summed E-state index contributed by atoms with van der Waals surface area (Å²) in [5, 5.41) is 0.0419. The predicted octanol–water partition coefficient (Wildman–Crippen LogP) is 7.71. The molecule has 0 bridgehead atoms. The number of ether oxygens (including phenoxy) is 2. The van der Waals surface area contributed by atoms with Crippen molar-refractivity contribution in [2.24, 2.45) is 5.41 Å². The number of rotatable bonds is 9. The highest BCUT2D eigenvalue weighted by molar-refractivity contribution is 9.10. The first kappa shape index (κ1) is 25.6. The number of benzene rings is 1. The largest absolute Gasteiger partial charge is 0.487 e. The van der Waals surface area contributed by atoms with Crippen LogP contribution in [0.3, 0.4) is 0 Å². The van der Waals surface area contributed by atoms with Crippen molar-refractivity contribution in [1.82, 2.24) is 4.98 Å². The van der Waals surface area contributed by atoms with Gasteiger partial charge in [0.1, 0.15) is 12.4 Å². The fourth-order valence-corrected chi connectivity index (χ4v) is 4.70. The molecule has 1 atom stereocenters. The van der Waals surface area contributed by atoms with Crippen molar-refractivity contribution >= 4 is 24.2 Å². The third-order valence-corrected chi connectivity index (χ3v) is 11.1. The molecule has 2 aromatic rings. The average molecular weight is 507 g/mol. The summed E-state index contributed by atoms with van der Waals surface area (Å²) < 4.78 is 19.8. The zero-order chi connectivity index (χ0) is 23.4. The Labute approximate surface area is 197 Å². The van der Waals surface area contributed by atoms with Gasteiger partial charge < -0.3 is 13.9 Å². The lowest BCUT2D eigenvalue weighted by atomic mass is 9.83. The molecule has 0 aliphatic heterocycles. The molecular formula is C25H36BrNO3Si. The lowest BCUT2D eigenvalue weighted by Crippen LogP contribution is -2.44. The second-order valence-corrected chi connectivity index (χ2v) is 15.5. The van der Waals surface area contributed by atoms with E-state index in [1.54, 1.807) is 13.3 Å². The van der Waals surface area contributed by atoms with Crippen molar-refractivity contribution in [3.05, 3.63) is 64.8 Å².